The van der Waals surface area contributed by atoms with Gasteiger partial charge in [-0.15, -0.1) is 0 Å². The zero-order valence-electron chi connectivity index (χ0n) is 7.25. The van der Waals surface area contributed by atoms with Gasteiger partial charge in [0.05, 0.1) is 5.02 Å². The highest BCUT2D eigenvalue weighted by molar-refractivity contribution is 6.39. The molecule has 0 saturated carbocycles. The Morgan fingerprint density at radius 3 is 2.86 bits per heavy atom. The molecular weight excluding hydrogens is 221 g/mol. The number of hydrogen-bond donors (Lipinski definition) is 0. The summed E-state index contributed by atoms with van der Waals surface area (Å²) >= 11 is 11.8. The molecule has 14 heavy (non-hydrogen) atoms. The Labute approximate surface area is 90.5 Å². The van der Waals surface area contributed by atoms with E-state index >= 15 is 0 Å². The van der Waals surface area contributed by atoms with Gasteiger partial charge in [-0.3, -0.25) is 0 Å². The van der Waals surface area contributed by atoms with Crippen molar-refractivity contribution in [3.63, 3.8) is 0 Å². The molecule has 0 aliphatic carbocycles. The van der Waals surface area contributed by atoms with Gasteiger partial charge in [-0.25, -0.2) is 4.98 Å². The second-order valence-corrected chi connectivity index (χ2v) is 3.60. The number of hydrogen-bond acceptors (Lipinski definition) is 2. The molecule has 0 atom stereocenters. The zero-order chi connectivity index (χ0) is 10.3. The van der Waals surface area contributed by atoms with Crippen LogP contribution in [-0.2, 0) is 7.05 Å². The molecule has 0 amide bonds. The minimum Gasteiger partial charge on any atom is -0.335 e. The molecule has 70 valence electrons. The number of rotatable bonds is 0. The normalized spacial score (nSPS) is 10.4. The Morgan fingerprint density at radius 1 is 1.50 bits per heavy atom. The fourth-order valence-corrected chi connectivity index (χ4v) is 1.85. The average molecular weight is 226 g/mol. The summed E-state index contributed by atoms with van der Waals surface area (Å²) in [7, 11) is 1.84. The van der Waals surface area contributed by atoms with Crippen LogP contribution < -0.4 is 0 Å². The number of nitriles is 1. The van der Waals surface area contributed by atoms with Crippen LogP contribution in [0.25, 0.3) is 11.0 Å². The molecule has 0 unspecified atom stereocenters. The molecule has 0 radical (unpaired) electrons. The molecule has 2 heterocycles. The van der Waals surface area contributed by atoms with Crippen molar-refractivity contribution in [2.75, 3.05) is 0 Å². The standard InChI is InChI=1S/C9H5Cl2N3/c1-14-3-2-5-7(10)6(4-12)8(11)13-9(5)14/h2-3H,1H3. The van der Waals surface area contributed by atoms with Crippen molar-refractivity contribution in [1.29, 1.82) is 5.26 Å². The minimum atomic E-state index is 0.145. The number of pyridine rings is 1. The van der Waals surface area contributed by atoms with Crippen LogP contribution in [0.15, 0.2) is 12.3 Å². The Morgan fingerprint density at radius 2 is 2.21 bits per heavy atom. The molecule has 2 rings (SSSR count). The maximum Gasteiger partial charge on any atom is 0.150 e. The third kappa shape index (κ3) is 1.16. The summed E-state index contributed by atoms with van der Waals surface area (Å²) < 4.78 is 1.80. The predicted octanol–water partition coefficient (Wildman–Crippen LogP) is 2.75. The lowest BCUT2D eigenvalue weighted by Gasteiger charge is -2.01. The van der Waals surface area contributed by atoms with Gasteiger partial charge in [-0.1, -0.05) is 23.2 Å². The number of aromatic nitrogens is 2. The molecule has 0 aliphatic heterocycles. The largest absolute Gasteiger partial charge is 0.335 e. The lowest BCUT2D eigenvalue weighted by atomic mass is 10.2. The third-order valence-electron chi connectivity index (χ3n) is 2.02. The van der Waals surface area contributed by atoms with Crippen LogP contribution in [0.4, 0.5) is 0 Å². The third-order valence-corrected chi connectivity index (χ3v) is 2.68. The molecule has 0 N–H and O–H groups in total. The van der Waals surface area contributed by atoms with Gasteiger partial charge in [0.1, 0.15) is 17.3 Å². The first-order valence-electron chi connectivity index (χ1n) is 3.85. The summed E-state index contributed by atoms with van der Waals surface area (Å²) in [6.45, 7) is 0. The van der Waals surface area contributed by atoms with Gasteiger partial charge in [0.15, 0.2) is 5.15 Å². The molecular formula is C9H5Cl2N3. The fraction of sp³-hybridized carbons (Fsp3) is 0.111. The van der Waals surface area contributed by atoms with Crippen molar-refractivity contribution in [3.05, 3.63) is 28.0 Å². The smallest absolute Gasteiger partial charge is 0.150 e. The number of fused-ring (bicyclic) bond motifs is 1. The predicted molar refractivity (Wildman–Crippen MR) is 55.4 cm³/mol. The topological polar surface area (TPSA) is 41.6 Å². The number of nitrogens with zero attached hydrogens (tertiary/aromatic N) is 3. The van der Waals surface area contributed by atoms with Gasteiger partial charge < -0.3 is 4.57 Å². The van der Waals surface area contributed by atoms with Crippen LogP contribution >= 0.6 is 23.2 Å². The molecule has 2 aromatic heterocycles. The van der Waals surface area contributed by atoms with Crippen molar-refractivity contribution >= 4 is 34.2 Å². The van der Waals surface area contributed by atoms with Crippen molar-refractivity contribution in [2.24, 2.45) is 7.05 Å². The summed E-state index contributed by atoms with van der Waals surface area (Å²) in [4.78, 5) is 4.09. The van der Waals surface area contributed by atoms with Gasteiger partial charge in [0, 0.05) is 18.6 Å². The van der Waals surface area contributed by atoms with E-state index in [9.17, 15) is 0 Å². The van der Waals surface area contributed by atoms with E-state index in [4.69, 9.17) is 28.5 Å². The van der Waals surface area contributed by atoms with Gasteiger partial charge >= 0.3 is 0 Å². The van der Waals surface area contributed by atoms with Crippen LogP contribution in [0.5, 0.6) is 0 Å². The molecule has 0 aliphatic rings. The van der Waals surface area contributed by atoms with Crippen LogP contribution in [0.1, 0.15) is 5.56 Å². The summed E-state index contributed by atoms with van der Waals surface area (Å²) in [6.07, 6.45) is 1.82. The van der Waals surface area contributed by atoms with E-state index in [1.807, 2.05) is 25.4 Å². The quantitative estimate of drug-likeness (QED) is 0.648. The molecule has 0 fully saturated rings. The van der Waals surface area contributed by atoms with E-state index in [1.165, 1.54) is 0 Å². The molecule has 0 bridgehead atoms. The maximum absolute atomic E-state index is 8.80. The molecule has 0 spiro atoms. The summed E-state index contributed by atoms with van der Waals surface area (Å²) in [5.74, 6) is 0. The second-order valence-electron chi connectivity index (χ2n) is 2.87. The first-order chi connectivity index (χ1) is 6.65. The SMILES string of the molecule is Cn1ccc2c(Cl)c(C#N)c(Cl)nc21. The van der Waals surface area contributed by atoms with E-state index in [1.54, 1.807) is 4.57 Å². The maximum atomic E-state index is 8.80. The Balaban J connectivity index is 2.96. The first-order valence-corrected chi connectivity index (χ1v) is 4.61. The summed E-state index contributed by atoms with van der Waals surface area (Å²) in [5.41, 5.74) is 0.908. The van der Waals surface area contributed by atoms with Crippen LogP contribution in [0.2, 0.25) is 10.2 Å². The van der Waals surface area contributed by atoms with E-state index < -0.39 is 0 Å². The summed E-state index contributed by atoms with van der Waals surface area (Å²) in [5, 5.41) is 10.1. The van der Waals surface area contributed by atoms with Crippen molar-refractivity contribution in [2.45, 2.75) is 0 Å². The van der Waals surface area contributed by atoms with E-state index in [0.29, 0.717) is 10.7 Å². The highest BCUT2D eigenvalue weighted by Crippen LogP contribution is 2.30. The van der Waals surface area contributed by atoms with E-state index in [0.717, 1.165) is 5.39 Å². The van der Waals surface area contributed by atoms with Gasteiger partial charge in [-0.05, 0) is 6.07 Å². The molecule has 3 nitrogen and oxygen atoms in total. The molecule has 5 heteroatoms. The Hall–Kier alpha value is -1.24. The van der Waals surface area contributed by atoms with Gasteiger partial charge in [0.25, 0.3) is 0 Å². The van der Waals surface area contributed by atoms with Gasteiger partial charge in [0.2, 0.25) is 0 Å². The van der Waals surface area contributed by atoms with Crippen LogP contribution in [0.3, 0.4) is 0 Å². The van der Waals surface area contributed by atoms with Crippen LogP contribution in [-0.4, -0.2) is 9.55 Å². The second kappa shape index (κ2) is 3.16. The van der Waals surface area contributed by atoms with E-state index in [2.05, 4.69) is 4.98 Å². The molecule has 2 aromatic rings. The molecule has 0 aromatic carbocycles. The highest BCUT2D eigenvalue weighted by Gasteiger charge is 2.13. The average Bonchev–Trinajstić information content (AvgIpc) is 2.49. The lowest BCUT2D eigenvalue weighted by Crippen LogP contribution is -1.91. The monoisotopic (exact) mass is 225 g/mol. The lowest BCUT2D eigenvalue weighted by molar-refractivity contribution is 0.948. The minimum absolute atomic E-state index is 0.145. The van der Waals surface area contributed by atoms with E-state index in [-0.39, 0.29) is 10.7 Å². The number of aryl methyl sites for hydroxylation is 1. The molecule has 0 saturated heterocycles. The van der Waals surface area contributed by atoms with Crippen molar-refractivity contribution in [1.82, 2.24) is 9.55 Å². The first kappa shape index (κ1) is 9.32. The summed E-state index contributed by atoms with van der Waals surface area (Å²) in [6, 6.07) is 3.74. The number of halogens is 2. The van der Waals surface area contributed by atoms with Crippen molar-refractivity contribution in [3.8, 4) is 6.07 Å². The fourth-order valence-electron chi connectivity index (χ4n) is 1.30. The Bertz CT molecular complexity index is 551. The van der Waals surface area contributed by atoms with Gasteiger partial charge in [-0.2, -0.15) is 5.26 Å². The zero-order valence-corrected chi connectivity index (χ0v) is 8.76. The highest BCUT2D eigenvalue weighted by atomic mass is 35.5. The van der Waals surface area contributed by atoms with Crippen molar-refractivity contribution < 1.29 is 0 Å². The van der Waals surface area contributed by atoms with Crippen LogP contribution in [0, 0.1) is 11.3 Å². The Kier molecular flexibility index (Phi) is 2.10.